The summed E-state index contributed by atoms with van der Waals surface area (Å²) in [6.07, 6.45) is 9.93. The number of nitrogens with one attached hydrogen (secondary N) is 1. The van der Waals surface area contributed by atoms with Gasteiger partial charge in [0.05, 0.1) is 5.56 Å². The van der Waals surface area contributed by atoms with E-state index in [4.69, 9.17) is 4.74 Å². The first-order chi connectivity index (χ1) is 11.6. The maximum absolute atomic E-state index is 12.1. The Morgan fingerprint density at radius 2 is 2.04 bits per heavy atom. The summed E-state index contributed by atoms with van der Waals surface area (Å²) in [5.41, 5.74) is 1.96. The maximum Gasteiger partial charge on any atom is 0.253 e. The van der Waals surface area contributed by atoms with E-state index in [0.29, 0.717) is 17.9 Å². The summed E-state index contributed by atoms with van der Waals surface area (Å²) in [4.78, 5) is 25.0. The van der Waals surface area contributed by atoms with Gasteiger partial charge in [-0.3, -0.25) is 9.78 Å². The fraction of sp³-hybridized carbons (Fsp3) is 0.444. The van der Waals surface area contributed by atoms with E-state index in [1.807, 2.05) is 19.9 Å². The maximum atomic E-state index is 12.1. The minimum atomic E-state index is -0.396. The second-order valence-corrected chi connectivity index (χ2v) is 6.38. The van der Waals surface area contributed by atoms with Gasteiger partial charge in [0.2, 0.25) is 0 Å². The molecule has 1 amide bonds. The fourth-order valence-electron chi connectivity index (χ4n) is 2.79. The van der Waals surface area contributed by atoms with Gasteiger partial charge < -0.3 is 10.1 Å². The molecule has 1 N–H and O–H groups in total. The predicted molar refractivity (Wildman–Crippen MR) is 89.3 cm³/mol. The van der Waals surface area contributed by atoms with E-state index in [1.165, 1.54) is 0 Å². The largest absolute Gasteiger partial charge is 0.367 e. The Hall–Kier alpha value is -2.34. The first kappa shape index (κ1) is 16.5. The summed E-state index contributed by atoms with van der Waals surface area (Å²) in [5.74, 6) is 0.554. The highest BCUT2D eigenvalue weighted by molar-refractivity contribution is 5.93. The van der Waals surface area contributed by atoms with Crippen molar-refractivity contribution in [2.75, 3.05) is 6.61 Å². The zero-order valence-electron chi connectivity index (χ0n) is 14.1. The number of amides is 1. The van der Waals surface area contributed by atoms with Gasteiger partial charge in [-0.05, 0) is 44.7 Å². The Morgan fingerprint density at radius 1 is 1.25 bits per heavy atom. The smallest absolute Gasteiger partial charge is 0.253 e. The highest BCUT2D eigenvalue weighted by Crippen LogP contribution is 2.32. The molecule has 6 heteroatoms. The zero-order chi connectivity index (χ0) is 17.0. The summed E-state index contributed by atoms with van der Waals surface area (Å²) < 4.78 is 5.86. The van der Waals surface area contributed by atoms with Crippen molar-refractivity contribution in [2.45, 2.75) is 45.3 Å². The second kappa shape index (κ2) is 7.05. The monoisotopic (exact) mass is 326 g/mol. The van der Waals surface area contributed by atoms with Gasteiger partial charge in [0.15, 0.2) is 5.82 Å². The molecule has 6 nitrogen and oxygen atoms in total. The molecule has 0 radical (unpaired) electrons. The van der Waals surface area contributed by atoms with Gasteiger partial charge in [-0.1, -0.05) is 0 Å². The molecule has 3 heterocycles. The Balaban J connectivity index is 1.61. The number of pyridine rings is 1. The van der Waals surface area contributed by atoms with Crippen LogP contribution in [0.5, 0.6) is 0 Å². The lowest BCUT2D eigenvalue weighted by atomic mass is 9.95. The van der Waals surface area contributed by atoms with E-state index in [1.54, 1.807) is 24.8 Å². The Kier molecular flexibility index (Phi) is 4.85. The van der Waals surface area contributed by atoms with Crippen LogP contribution in [0.4, 0.5) is 0 Å². The van der Waals surface area contributed by atoms with Crippen molar-refractivity contribution in [1.29, 1.82) is 0 Å². The van der Waals surface area contributed by atoms with E-state index >= 15 is 0 Å². The number of hydrogen-bond donors (Lipinski definition) is 1. The molecule has 2 aromatic heterocycles. The molecule has 2 aromatic rings. The van der Waals surface area contributed by atoms with Gasteiger partial charge in [-0.15, -0.1) is 0 Å². The Morgan fingerprint density at radius 3 is 2.71 bits per heavy atom. The van der Waals surface area contributed by atoms with Crippen LogP contribution in [-0.2, 0) is 16.9 Å². The molecule has 1 aliphatic heterocycles. The normalized spacial score (nSPS) is 20.6. The highest BCUT2D eigenvalue weighted by Gasteiger charge is 2.32. The zero-order valence-corrected chi connectivity index (χ0v) is 14.1. The molecule has 0 unspecified atom stereocenters. The molecule has 1 saturated heterocycles. The van der Waals surface area contributed by atoms with Crippen LogP contribution < -0.4 is 5.32 Å². The van der Waals surface area contributed by atoms with Crippen molar-refractivity contribution in [2.24, 2.45) is 0 Å². The molecular formula is C18H22N4O2. The standard InChI is InChI=1S/C18H22N4O2/c1-13-7-15(12-19-8-13)16(23)20-9-14-10-21-17(22-11-14)18(2)5-3-4-6-24-18/h7-8,10-12H,3-6,9H2,1-2H3,(H,20,23)/t18-/m1/s1. The van der Waals surface area contributed by atoms with Crippen molar-refractivity contribution in [3.05, 3.63) is 53.4 Å². The van der Waals surface area contributed by atoms with Crippen molar-refractivity contribution >= 4 is 5.91 Å². The topological polar surface area (TPSA) is 77.0 Å². The molecule has 24 heavy (non-hydrogen) atoms. The van der Waals surface area contributed by atoms with Crippen LogP contribution in [0.15, 0.2) is 30.9 Å². The number of ether oxygens (including phenoxy) is 1. The van der Waals surface area contributed by atoms with Gasteiger partial charge >= 0.3 is 0 Å². The molecule has 3 rings (SSSR count). The number of aryl methyl sites for hydroxylation is 1. The Labute approximate surface area is 141 Å². The number of rotatable bonds is 4. The number of carbonyl (C=O) groups excluding carboxylic acids is 1. The van der Waals surface area contributed by atoms with Crippen LogP contribution in [-0.4, -0.2) is 27.5 Å². The van der Waals surface area contributed by atoms with Gasteiger partial charge in [-0.2, -0.15) is 0 Å². The first-order valence-corrected chi connectivity index (χ1v) is 8.22. The second-order valence-electron chi connectivity index (χ2n) is 6.38. The van der Waals surface area contributed by atoms with Crippen molar-refractivity contribution in [1.82, 2.24) is 20.3 Å². The summed E-state index contributed by atoms with van der Waals surface area (Å²) in [6.45, 7) is 5.07. The highest BCUT2D eigenvalue weighted by atomic mass is 16.5. The van der Waals surface area contributed by atoms with Crippen LogP contribution in [0.3, 0.4) is 0 Å². The van der Waals surface area contributed by atoms with E-state index in [9.17, 15) is 4.79 Å². The van der Waals surface area contributed by atoms with Crippen LogP contribution in [0, 0.1) is 6.92 Å². The lowest BCUT2D eigenvalue weighted by Crippen LogP contribution is -2.32. The summed E-state index contributed by atoms with van der Waals surface area (Å²) in [7, 11) is 0. The van der Waals surface area contributed by atoms with E-state index in [0.717, 1.165) is 37.0 Å². The number of hydrogen-bond acceptors (Lipinski definition) is 5. The summed E-state index contributed by atoms with van der Waals surface area (Å²) in [5, 5.41) is 2.86. The number of carbonyl (C=O) groups is 1. The molecule has 0 spiro atoms. The van der Waals surface area contributed by atoms with Crippen LogP contribution in [0.25, 0.3) is 0 Å². The molecule has 0 aliphatic carbocycles. The third-order valence-corrected chi connectivity index (χ3v) is 4.24. The molecule has 126 valence electrons. The van der Waals surface area contributed by atoms with Crippen LogP contribution >= 0.6 is 0 Å². The van der Waals surface area contributed by atoms with Gasteiger partial charge in [0.25, 0.3) is 5.91 Å². The third-order valence-electron chi connectivity index (χ3n) is 4.24. The Bertz CT molecular complexity index is 709. The average molecular weight is 326 g/mol. The molecular weight excluding hydrogens is 304 g/mol. The van der Waals surface area contributed by atoms with E-state index in [2.05, 4.69) is 20.3 Å². The minimum absolute atomic E-state index is 0.155. The third kappa shape index (κ3) is 3.76. The van der Waals surface area contributed by atoms with Gasteiger partial charge in [0.1, 0.15) is 5.60 Å². The van der Waals surface area contributed by atoms with Crippen LogP contribution in [0.1, 0.15) is 53.5 Å². The predicted octanol–water partition coefficient (Wildman–Crippen LogP) is 2.53. The fourth-order valence-corrected chi connectivity index (χ4v) is 2.79. The molecule has 0 aromatic carbocycles. The molecule has 0 bridgehead atoms. The molecule has 0 saturated carbocycles. The lowest BCUT2D eigenvalue weighted by molar-refractivity contribution is -0.0760. The van der Waals surface area contributed by atoms with Crippen molar-refractivity contribution in [3.8, 4) is 0 Å². The van der Waals surface area contributed by atoms with Gasteiger partial charge in [-0.25, -0.2) is 9.97 Å². The summed E-state index contributed by atoms with van der Waals surface area (Å²) >= 11 is 0. The number of aromatic nitrogens is 3. The molecule has 1 fully saturated rings. The number of nitrogens with zero attached hydrogens (tertiary/aromatic N) is 3. The van der Waals surface area contributed by atoms with Gasteiger partial charge in [0, 0.05) is 43.5 Å². The van der Waals surface area contributed by atoms with Crippen LogP contribution in [0.2, 0.25) is 0 Å². The molecule has 1 atom stereocenters. The van der Waals surface area contributed by atoms with Crippen molar-refractivity contribution < 1.29 is 9.53 Å². The quantitative estimate of drug-likeness (QED) is 0.934. The molecule has 1 aliphatic rings. The lowest BCUT2D eigenvalue weighted by Gasteiger charge is -2.32. The first-order valence-electron chi connectivity index (χ1n) is 8.22. The van der Waals surface area contributed by atoms with Crippen molar-refractivity contribution in [3.63, 3.8) is 0 Å². The SMILES string of the molecule is Cc1cncc(C(=O)NCc2cnc([C@@]3(C)CCCCO3)nc2)c1. The summed E-state index contributed by atoms with van der Waals surface area (Å²) in [6, 6.07) is 1.81. The minimum Gasteiger partial charge on any atom is -0.367 e. The van der Waals surface area contributed by atoms with E-state index < -0.39 is 5.60 Å². The van der Waals surface area contributed by atoms with E-state index in [-0.39, 0.29) is 5.91 Å². The average Bonchev–Trinajstić information content (AvgIpc) is 2.61.